The van der Waals surface area contributed by atoms with Gasteiger partial charge in [0.05, 0.1) is 13.5 Å². The molecule has 0 aliphatic carbocycles. The van der Waals surface area contributed by atoms with E-state index in [9.17, 15) is 24.3 Å². The van der Waals surface area contributed by atoms with Crippen molar-refractivity contribution in [3.05, 3.63) is 65.7 Å². The Balaban J connectivity index is 1.99. The Hall–Kier alpha value is -3.88. The number of carbonyl (C=O) groups is 4. The van der Waals surface area contributed by atoms with Crippen LogP contribution in [0.1, 0.15) is 30.9 Å². The summed E-state index contributed by atoms with van der Waals surface area (Å²) in [7, 11) is 1.25. The Labute approximate surface area is 192 Å². The summed E-state index contributed by atoms with van der Waals surface area (Å²) in [5, 5.41) is 12.0. The van der Waals surface area contributed by atoms with E-state index in [1.807, 2.05) is 30.3 Å². The van der Waals surface area contributed by atoms with Crippen LogP contribution < -0.4 is 5.32 Å². The predicted octanol–water partition coefficient (Wildman–Crippen LogP) is 3.44. The van der Waals surface area contributed by atoms with Crippen molar-refractivity contribution >= 4 is 29.6 Å². The number of amides is 2. The molecule has 9 nitrogen and oxygen atoms in total. The summed E-state index contributed by atoms with van der Waals surface area (Å²) in [4.78, 5) is 49.0. The van der Waals surface area contributed by atoms with Gasteiger partial charge in [-0.3, -0.25) is 19.7 Å². The fraction of sp³-hybridized carbons (Fsp3) is 0.333. The lowest BCUT2D eigenvalue weighted by Gasteiger charge is -2.25. The molecule has 0 radical (unpaired) electrons. The third-order valence-corrected chi connectivity index (χ3v) is 4.92. The Morgan fingerprint density at radius 1 is 1.00 bits per heavy atom. The number of hydrogen-bond acceptors (Lipinski definition) is 6. The van der Waals surface area contributed by atoms with Gasteiger partial charge < -0.3 is 19.5 Å². The molecule has 2 aromatic carbocycles. The minimum atomic E-state index is -1.21. The first-order valence-electron chi connectivity index (χ1n) is 10.5. The van der Waals surface area contributed by atoms with E-state index in [2.05, 4.69) is 10.1 Å². The summed E-state index contributed by atoms with van der Waals surface area (Å²) in [6.45, 7) is 1.90. The number of carbonyl (C=O) groups excluding carboxylic acids is 3. The summed E-state index contributed by atoms with van der Waals surface area (Å²) >= 11 is 0. The SMILES string of the molecule is CCC(C(=O)O)C(=O)N(CCC(=O)OC)Cc1ccc(NC(=O)OCc2ccccc2)cc1. The lowest BCUT2D eigenvalue weighted by atomic mass is 10.0. The summed E-state index contributed by atoms with van der Waals surface area (Å²) in [5.41, 5.74) is 2.07. The van der Waals surface area contributed by atoms with Crippen molar-refractivity contribution in [3.8, 4) is 0 Å². The van der Waals surface area contributed by atoms with Crippen LogP contribution in [-0.4, -0.2) is 47.6 Å². The van der Waals surface area contributed by atoms with Gasteiger partial charge in [-0.25, -0.2) is 4.79 Å². The van der Waals surface area contributed by atoms with Gasteiger partial charge >= 0.3 is 18.0 Å². The largest absolute Gasteiger partial charge is 0.481 e. The number of methoxy groups -OCH3 is 1. The van der Waals surface area contributed by atoms with Gasteiger partial charge in [-0.2, -0.15) is 0 Å². The number of nitrogens with zero attached hydrogens (tertiary/aromatic N) is 1. The zero-order chi connectivity index (χ0) is 24.2. The number of nitrogens with one attached hydrogen (secondary N) is 1. The van der Waals surface area contributed by atoms with Gasteiger partial charge in [0.2, 0.25) is 5.91 Å². The van der Waals surface area contributed by atoms with Crippen LogP contribution in [-0.2, 0) is 37.0 Å². The number of hydrogen-bond donors (Lipinski definition) is 2. The van der Waals surface area contributed by atoms with E-state index in [1.165, 1.54) is 12.0 Å². The van der Waals surface area contributed by atoms with Crippen molar-refractivity contribution in [2.45, 2.75) is 32.9 Å². The fourth-order valence-electron chi connectivity index (χ4n) is 3.06. The van der Waals surface area contributed by atoms with Crippen LogP contribution in [0.2, 0.25) is 0 Å². The molecule has 2 N–H and O–H groups in total. The van der Waals surface area contributed by atoms with Crippen molar-refractivity contribution in [2.75, 3.05) is 19.0 Å². The molecule has 2 aromatic rings. The minimum Gasteiger partial charge on any atom is -0.481 e. The van der Waals surface area contributed by atoms with Crippen LogP contribution in [0.25, 0.3) is 0 Å². The monoisotopic (exact) mass is 456 g/mol. The topological polar surface area (TPSA) is 122 Å². The van der Waals surface area contributed by atoms with Crippen LogP contribution in [0.15, 0.2) is 54.6 Å². The minimum absolute atomic E-state index is 0.0289. The zero-order valence-corrected chi connectivity index (χ0v) is 18.7. The molecular weight excluding hydrogens is 428 g/mol. The van der Waals surface area contributed by atoms with Crippen LogP contribution in [0.5, 0.6) is 0 Å². The lowest BCUT2D eigenvalue weighted by Crippen LogP contribution is -2.40. The highest BCUT2D eigenvalue weighted by atomic mass is 16.5. The highest BCUT2D eigenvalue weighted by Gasteiger charge is 2.29. The molecule has 1 atom stereocenters. The fourth-order valence-corrected chi connectivity index (χ4v) is 3.06. The number of ether oxygens (including phenoxy) is 2. The molecule has 0 fully saturated rings. The number of carboxylic acids is 1. The molecule has 2 amide bonds. The standard InChI is InChI=1S/C24H28N2O7/c1-3-20(23(29)30)22(28)26(14-13-21(27)32-2)15-17-9-11-19(12-10-17)25-24(31)33-16-18-7-5-4-6-8-18/h4-12,20H,3,13-16H2,1-2H3,(H,25,31)(H,29,30). The van der Waals surface area contributed by atoms with E-state index >= 15 is 0 Å². The number of rotatable bonds is 11. The summed E-state index contributed by atoms with van der Waals surface area (Å²) in [6, 6.07) is 16.0. The van der Waals surface area contributed by atoms with Gasteiger partial charge in [0.15, 0.2) is 0 Å². The van der Waals surface area contributed by atoms with Crippen LogP contribution in [0, 0.1) is 5.92 Å². The average Bonchev–Trinajstić information content (AvgIpc) is 2.82. The third kappa shape index (κ3) is 8.29. The summed E-state index contributed by atoms with van der Waals surface area (Å²) in [6.07, 6.45) is -0.518. The second kappa shape index (κ2) is 12.8. The van der Waals surface area contributed by atoms with Crippen molar-refractivity contribution in [1.29, 1.82) is 0 Å². The molecule has 9 heteroatoms. The van der Waals surface area contributed by atoms with Gasteiger partial charge in [-0.1, -0.05) is 49.4 Å². The maximum atomic E-state index is 12.7. The zero-order valence-electron chi connectivity index (χ0n) is 18.7. The molecule has 0 aliphatic rings. The first-order chi connectivity index (χ1) is 15.8. The molecule has 0 saturated heterocycles. The van der Waals surface area contributed by atoms with Crippen molar-refractivity contribution in [1.82, 2.24) is 4.90 Å². The Morgan fingerprint density at radius 2 is 1.67 bits per heavy atom. The van der Waals surface area contributed by atoms with Gasteiger partial charge in [-0.15, -0.1) is 0 Å². The normalized spacial score (nSPS) is 11.2. The molecule has 2 rings (SSSR count). The molecule has 176 valence electrons. The second-order valence-corrected chi connectivity index (χ2v) is 7.27. The smallest absolute Gasteiger partial charge is 0.411 e. The van der Waals surface area contributed by atoms with Crippen LogP contribution >= 0.6 is 0 Å². The third-order valence-electron chi connectivity index (χ3n) is 4.92. The molecule has 1 unspecified atom stereocenters. The molecule has 0 spiro atoms. The van der Waals surface area contributed by atoms with E-state index in [0.717, 1.165) is 5.56 Å². The average molecular weight is 456 g/mol. The molecular formula is C24H28N2O7. The van der Waals surface area contributed by atoms with Crippen LogP contribution in [0.4, 0.5) is 10.5 Å². The molecule has 0 saturated carbocycles. The van der Waals surface area contributed by atoms with E-state index in [1.54, 1.807) is 31.2 Å². The molecule has 0 aliphatic heterocycles. The highest BCUT2D eigenvalue weighted by molar-refractivity contribution is 5.97. The Morgan fingerprint density at radius 3 is 2.24 bits per heavy atom. The van der Waals surface area contributed by atoms with Crippen molar-refractivity contribution in [2.24, 2.45) is 5.92 Å². The number of aliphatic carboxylic acids is 1. The Bertz CT molecular complexity index is 945. The van der Waals surface area contributed by atoms with Crippen molar-refractivity contribution in [3.63, 3.8) is 0 Å². The number of benzene rings is 2. The van der Waals surface area contributed by atoms with E-state index in [4.69, 9.17) is 4.74 Å². The first-order valence-corrected chi connectivity index (χ1v) is 10.5. The quantitative estimate of drug-likeness (QED) is 0.392. The first kappa shape index (κ1) is 25.4. The maximum Gasteiger partial charge on any atom is 0.411 e. The van der Waals surface area contributed by atoms with Gasteiger partial charge in [0.25, 0.3) is 0 Å². The van der Waals surface area contributed by atoms with Crippen molar-refractivity contribution < 1.29 is 33.8 Å². The molecule has 0 bridgehead atoms. The number of carboxylic acid groups (broad SMARTS) is 1. The van der Waals surface area contributed by atoms with Gasteiger partial charge in [0.1, 0.15) is 12.5 Å². The molecule has 0 aromatic heterocycles. The summed E-state index contributed by atoms with van der Waals surface area (Å²) < 4.78 is 9.80. The predicted molar refractivity (Wildman–Crippen MR) is 120 cm³/mol. The lowest BCUT2D eigenvalue weighted by molar-refractivity contribution is -0.151. The molecule has 33 heavy (non-hydrogen) atoms. The number of anilines is 1. The van der Waals surface area contributed by atoms with Gasteiger partial charge in [-0.05, 0) is 29.7 Å². The van der Waals surface area contributed by atoms with E-state index in [-0.39, 0.29) is 32.5 Å². The van der Waals surface area contributed by atoms with E-state index < -0.39 is 29.9 Å². The van der Waals surface area contributed by atoms with Crippen LogP contribution in [0.3, 0.4) is 0 Å². The second-order valence-electron chi connectivity index (χ2n) is 7.27. The molecule has 0 heterocycles. The highest BCUT2D eigenvalue weighted by Crippen LogP contribution is 2.16. The number of esters is 1. The Kier molecular flexibility index (Phi) is 9.88. The van der Waals surface area contributed by atoms with Gasteiger partial charge in [0, 0.05) is 18.8 Å². The maximum absolute atomic E-state index is 12.7. The van der Waals surface area contributed by atoms with E-state index in [0.29, 0.717) is 11.3 Å². The summed E-state index contributed by atoms with van der Waals surface area (Å²) in [5.74, 6) is -3.47.